The van der Waals surface area contributed by atoms with E-state index in [4.69, 9.17) is 14.2 Å². The minimum Gasteiger partial charge on any atom is -0.497 e. The van der Waals surface area contributed by atoms with Crippen molar-refractivity contribution in [1.29, 1.82) is 0 Å². The van der Waals surface area contributed by atoms with E-state index < -0.39 is 0 Å². The minimum absolute atomic E-state index is 0.0305. The van der Waals surface area contributed by atoms with Gasteiger partial charge in [-0.05, 0) is 36.4 Å². The number of hydrogen-bond acceptors (Lipinski definition) is 6. The van der Waals surface area contributed by atoms with E-state index in [1.807, 2.05) is 16.3 Å². The average Bonchev–Trinajstić information content (AvgIpc) is 3.21. The zero-order valence-corrected chi connectivity index (χ0v) is 16.7. The third-order valence-electron chi connectivity index (χ3n) is 5.26. The number of methoxy groups -OCH3 is 2. The molecule has 1 fully saturated rings. The predicted octanol–water partition coefficient (Wildman–Crippen LogP) is 3.53. The van der Waals surface area contributed by atoms with Crippen LogP contribution < -0.4 is 14.4 Å². The van der Waals surface area contributed by atoms with E-state index in [2.05, 4.69) is 0 Å². The van der Waals surface area contributed by atoms with E-state index >= 15 is 0 Å². The summed E-state index contributed by atoms with van der Waals surface area (Å²) in [6.07, 6.45) is 1.11. The molecule has 0 bridgehead atoms. The number of carbonyl (C=O) groups excluding carboxylic acids is 2. The maximum Gasteiger partial charge on any atom is 0.414 e. The highest BCUT2D eigenvalue weighted by molar-refractivity contribution is 7.10. The van der Waals surface area contributed by atoms with Gasteiger partial charge in [-0.3, -0.25) is 9.69 Å². The van der Waals surface area contributed by atoms with Gasteiger partial charge in [0.25, 0.3) is 5.91 Å². The summed E-state index contributed by atoms with van der Waals surface area (Å²) in [7, 11) is 3.11. The molecule has 2 aliphatic rings. The fraction of sp³-hybridized carbons (Fsp3) is 0.400. The van der Waals surface area contributed by atoms with Gasteiger partial charge >= 0.3 is 6.09 Å². The van der Waals surface area contributed by atoms with Crippen LogP contribution in [-0.4, -0.2) is 50.3 Å². The maximum atomic E-state index is 13.0. The zero-order valence-electron chi connectivity index (χ0n) is 15.8. The van der Waals surface area contributed by atoms with E-state index in [0.717, 1.165) is 10.6 Å². The largest absolute Gasteiger partial charge is 0.497 e. The lowest BCUT2D eigenvalue weighted by molar-refractivity contribution is 0.0705. The Morgan fingerprint density at radius 3 is 2.68 bits per heavy atom. The molecule has 0 radical (unpaired) electrons. The number of hydrogen-bond donors (Lipinski definition) is 0. The van der Waals surface area contributed by atoms with Gasteiger partial charge in [0.05, 0.1) is 30.3 Å². The number of benzene rings is 1. The number of amides is 2. The number of likely N-dealkylation sites (tertiary alicyclic amines) is 1. The van der Waals surface area contributed by atoms with Crippen molar-refractivity contribution in [3.05, 3.63) is 40.1 Å². The number of nitrogens with zero attached hydrogens (tertiary/aromatic N) is 2. The first-order chi connectivity index (χ1) is 13.6. The van der Waals surface area contributed by atoms with Gasteiger partial charge in [0.2, 0.25) is 0 Å². The Labute approximate surface area is 167 Å². The molecule has 0 atom stereocenters. The lowest BCUT2D eigenvalue weighted by Crippen LogP contribution is -2.50. The molecule has 4 rings (SSSR count). The second-order valence-electron chi connectivity index (χ2n) is 6.74. The molecule has 8 heteroatoms. The monoisotopic (exact) mass is 402 g/mol. The highest BCUT2D eigenvalue weighted by atomic mass is 32.1. The van der Waals surface area contributed by atoms with Crippen molar-refractivity contribution >= 4 is 29.0 Å². The van der Waals surface area contributed by atoms with Gasteiger partial charge in [-0.25, -0.2) is 4.79 Å². The Hall–Kier alpha value is -2.74. The van der Waals surface area contributed by atoms with Crippen molar-refractivity contribution < 1.29 is 23.8 Å². The van der Waals surface area contributed by atoms with Gasteiger partial charge < -0.3 is 19.1 Å². The van der Waals surface area contributed by atoms with Crippen molar-refractivity contribution in [2.24, 2.45) is 0 Å². The summed E-state index contributed by atoms with van der Waals surface area (Å²) < 4.78 is 15.9. The van der Waals surface area contributed by atoms with Crippen LogP contribution in [0.5, 0.6) is 11.5 Å². The minimum atomic E-state index is -0.299. The van der Waals surface area contributed by atoms with E-state index in [-0.39, 0.29) is 18.0 Å². The first kappa shape index (κ1) is 18.6. The first-order valence-corrected chi connectivity index (χ1v) is 10.0. The van der Waals surface area contributed by atoms with Crippen LogP contribution in [0.2, 0.25) is 0 Å². The Morgan fingerprint density at radius 2 is 1.96 bits per heavy atom. The Morgan fingerprint density at radius 1 is 1.18 bits per heavy atom. The molecule has 1 saturated heterocycles. The SMILES string of the molecule is COc1ccc(C(=O)N2CCC(N3C(=O)OCc4sccc43)CC2)c(OC)c1. The maximum absolute atomic E-state index is 13.0. The van der Waals surface area contributed by atoms with E-state index in [1.165, 1.54) is 7.11 Å². The molecule has 1 aromatic heterocycles. The number of piperidine rings is 1. The summed E-state index contributed by atoms with van der Waals surface area (Å²) in [5.74, 6) is 1.06. The van der Waals surface area contributed by atoms with Crippen LogP contribution in [0.3, 0.4) is 0 Å². The topological polar surface area (TPSA) is 68.3 Å². The Kier molecular flexibility index (Phi) is 5.13. The molecular formula is C20H22N2O5S. The Bertz CT molecular complexity index is 888. The summed E-state index contributed by atoms with van der Waals surface area (Å²) in [5.41, 5.74) is 1.46. The quantitative estimate of drug-likeness (QED) is 0.783. The number of ether oxygens (including phenoxy) is 3. The molecule has 0 aliphatic carbocycles. The molecule has 7 nitrogen and oxygen atoms in total. The summed E-state index contributed by atoms with van der Waals surface area (Å²) in [4.78, 5) is 30.0. The molecule has 0 N–H and O–H groups in total. The van der Waals surface area contributed by atoms with Crippen LogP contribution in [0.4, 0.5) is 10.5 Å². The second-order valence-corrected chi connectivity index (χ2v) is 7.74. The van der Waals surface area contributed by atoms with E-state index in [1.54, 1.807) is 41.5 Å². The summed E-state index contributed by atoms with van der Waals surface area (Å²) in [6.45, 7) is 1.49. The van der Waals surface area contributed by atoms with Gasteiger partial charge in [-0.2, -0.15) is 0 Å². The van der Waals surface area contributed by atoms with Crippen molar-refractivity contribution in [3.8, 4) is 11.5 Å². The molecule has 2 aromatic rings. The van der Waals surface area contributed by atoms with Crippen LogP contribution in [0.1, 0.15) is 28.1 Å². The average molecular weight is 402 g/mol. The second kappa shape index (κ2) is 7.71. The third kappa shape index (κ3) is 3.28. The van der Waals surface area contributed by atoms with Crippen molar-refractivity contribution in [1.82, 2.24) is 4.90 Å². The third-order valence-corrected chi connectivity index (χ3v) is 6.14. The lowest BCUT2D eigenvalue weighted by Gasteiger charge is -2.39. The van der Waals surface area contributed by atoms with Crippen molar-refractivity contribution in [2.45, 2.75) is 25.5 Å². The fourth-order valence-electron chi connectivity index (χ4n) is 3.77. The molecule has 0 saturated carbocycles. The van der Waals surface area contributed by atoms with Crippen LogP contribution in [-0.2, 0) is 11.3 Å². The normalized spacial score (nSPS) is 17.1. The smallest absolute Gasteiger partial charge is 0.414 e. The van der Waals surface area contributed by atoms with E-state index in [0.29, 0.717) is 49.6 Å². The lowest BCUT2D eigenvalue weighted by atomic mass is 10.0. The van der Waals surface area contributed by atoms with Crippen LogP contribution >= 0.6 is 11.3 Å². The van der Waals surface area contributed by atoms with Crippen LogP contribution in [0.25, 0.3) is 0 Å². The van der Waals surface area contributed by atoms with E-state index in [9.17, 15) is 9.59 Å². The molecular weight excluding hydrogens is 380 g/mol. The summed E-state index contributed by atoms with van der Waals surface area (Å²) in [5, 5.41) is 1.98. The number of cyclic esters (lactones) is 1. The highest BCUT2D eigenvalue weighted by Gasteiger charge is 2.36. The van der Waals surface area contributed by atoms with Crippen molar-refractivity contribution in [3.63, 3.8) is 0 Å². The number of carbonyl (C=O) groups is 2. The fourth-order valence-corrected chi connectivity index (χ4v) is 4.55. The van der Waals surface area contributed by atoms with Crippen molar-refractivity contribution in [2.75, 3.05) is 32.2 Å². The molecule has 0 unspecified atom stereocenters. The number of rotatable bonds is 4. The van der Waals surface area contributed by atoms with Gasteiger partial charge in [0, 0.05) is 25.2 Å². The van der Waals surface area contributed by atoms with Gasteiger partial charge in [-0.1, -0.05) is 0 Å². The summed E-state index contributed by atoms with van der Waals surface area (Å²) in [6, 6.07) is 7.20. The number of fused-ring (bicyclic) bond motifs is 1. The summed E-state index contributed by atoms with van der Waals surface area (Å²) >= 11 is 1.60. The molecule has 2 aliphatic heterocycles. The molecule has 3 heterocycles. The molecule has 1 aromatic carbocycles. The van der Waals surface area contributed by atoms with Gasteiger partial charge in [-0.15, -0.1) is 11.3 Å². The first-order valence-electron chi connectivity index (χ1n) is 9.16. The predicted molar refractivity (Wildman–Crippen MR) is 105 cm³/mol. The molecule has 2 amide bonds. The Balaban J connectivity index is 1.46. The van der Waals surface area contributed by atoms with Gasteiger partial charge in [0.1, 0.15) is 18.1 Å². The highest BCUT2D eigenvalue weighted by Crippen LogP contribution is 2.35. The number of thiophene rings is 1. The molecule has 0 spiro atoms. The van der Waals surface area contributed by atoms with Crippen LogP contribution in [0.15, 0.2) is 29.6 Å². The van der Waals surface area contributed by atoms with Gasteiger partial charge in [0.15, 0.2) is 0 Å². The van der Waals surface area contributed by atoms with Crippen LogP contribution in [0, 0.1) is 0 Å². The standard InChI is InChI=1S/C20H22N2O5S/c1-25-14-3-4-15(17(11-14)26-2)19(23)21-8-5-13(6-9-21)22-16-7-10-28-18(16)12-27-20(22)24/h3-4,7,10-11,13H,5-6,8-9,12H2,1-2H3. The number of anilines is 1. The zero-order chi connectivity index (χ0) is 19.7. The molecule has 28 heavy (non-hydrogen) atoms. The molecule has 148 valence electrons.